The molecule has 0 amide bonds. The summed E-state index contributed by atoms with van der Waals surface area (Å²) in [7, 11) is 0. The van der Waals surface area contributed by atoms with Gasteiger partial charge in [-0.2, -0.15) is 0 Å². The SMILES string of the molecule is CC1(C)O[C@H]2C[C@@H]1C[C@H](O)[C@]2(C)O. The number of aliphatic hydroxyl groups excluding tert-OH is 1. The van der Waals surface area contributed by atoms with Gasteiger partial charge in [-0.15, -0.1) is 0 Å². The number of ether oxygens (including phenoxy) is 1. The van der Waals surface area contributed by atoms with Gasteiger partial charge in [0.05, 0.1) is 17.8 Å². The van der Waals surface area contributed by atoms with Crippen LogP contribution in [0.5, 0.6) is 0 Å². The molecular formula is C10H18O3. The van der Waals surface area contributed by atoms with Crippen LogP contribution in [0.2, 0.25) is 0 Å². The Morgan fingerprint density at radius 1 is 1.23 bits per heavy atom. The second-order valence-corrected chi connectivity index (χ2v) is 5.12. The highest BCUT2D eigenvalue weighted by atomic mass is 16.5. The molecule has 0 spiro atoms. The molecule has 1 heterocycles. The summed E-state index contributed by atoms with van der Waals surface area (Å²) < 4.78 is 5.75. The number of hydrogen-bond acceptors (Lipinski definition) is 3. The van der Waals surface area contributed by atoms with Gasteiger partial charge in [-0.25, -0.2) is 0 Å². The largest absolute Gasteiger partial charge is 0.390 e. The zero-order chi connectivity index (χ0) is 9.85. The average Bonchev–Trinajstić information content (AvgIpc) is 2.23. The maximum atomic E-state index is 9.99. The van der Waals surface area contributed by atoms with Crippen molar-refractivity contribution in [2.24, 2.45) is 5.92 Å². The quantitative estimate of drug-likeness (QED) is 0.585. The molecule has 2 N–H and O–H groups in total. The minimum atomic E-state index is -1.07. The smallest absolute Gasteiger partial charge is 0.114 e. The predicted octanol–water partition coefficient (Wildman–Crippen LogP) is 0.686. The van der Waals surface area contributed by atoms with E-state index in [4.69, 9.17) is 4.74 Å². The van der Waals surface area contributed by atoms with Crippen LogP contribution >= 0.6 is 0 Å². The molecule has 0 unspecified atom stereocenters. The topological polar surface area (TPSA) is 49.7 Å². The Bertz CT molecular complexity index is 222. The molecule has 0 aromatic rings. The summed E-state index contributed by atoms with van der Waals surface area (Å²) in [6.07, 6.45) is 0.683. The molecule has 0 radical (unpaired) electrons. The van der Waals surface area contributed by atoms with Crippen molar-refractivity contribution in [2.45, 2.75) is 57.0 Å². The van der Waals surface area contributed by atoms with E-state index >= 15 is 0 Å². The Morgan fingerprint density at radius 3 is 2.46 bits per heavy atom. The molecule has 2 aliphatic rings. The first kappa shape index (κ1) is 9.44. The first-order valence-electron chi connectivity index (χ1n) is 4.92. The summed E-state index contributed by atoms with van der Waals surface area (Å²) in [5, 5.41) is 19.7. The molecule has 2 rings (SSSR count). The van der Waals surface area contributed by atoms with Gasteiger partial charge in [0, 0.05) is 0 Å². The number of rotatable bonds is 0. The summed E-state index contributed by atoms with van der Waals surface area (Å²) in [6.45, 7) is 5.73. The zero-order valence-corrected chi connectivity index (χ0v) is 8.45. The normalized spacial score (nSPS) is 53.8. The van der Waals surface area contributed by atoms with E-state index < -0.39 is 11.7 Å². The van der Waals surface area contributed by atoms with Crippen molar-refractivity contribution in [2.75, 3.05) is 0 Å². The highest BCUT2D eigenvalue weighted by Crippen LogP contribution is 2.48. The van der Waals surface area contributed by atoms with Crippen molar-refractivity contribution in [1.82, 2.24) is 0 Å². The van der Waals surface area contributed by atoms with Crippen LogP contribution in [0.15, 0.2) is 0 Å². The van der Waals surface area contributed by atoms with E-state index in [0.29, 0.717) is 12.3 Å². The fraction of sp³-hybridized carbons (Fsp3) is 1.00. The molecule has 0 aromatic heterocycles. The van der Waals surface area contributed by atoms with E-state index in [-0.39, 0.29) is 11.7 Å². The van der Waals surface area contributed by atoms with Gasteiger partial charge in [0.1, 0.15) is 5.60 Å². The third kappa shape index (κ3) is 1.22. The summed E-state index contributed by atoms with van der Waals surface area (Å²) >= 11 is 0. The van der Waals surface area contributed by atoms with Gasteiger partial charge in [0.2, 0.25) is 0 Å². The highest BCUT2D eigenvalue weighted by Gasteiger charge is 2.56. The lowest BCUT2D eigenvalue weighted by Crippen LogP contribution is -2.51. The number of fused-ring (bicyclic) bond motifs is 2. The van der Waals surface area contributed by atoms with Gasteiger partial charge in [-0.3, -0.25) is 0 Å². The lowest BCUT2D eigenvalue weighted by molar-refractivity contribution is -0.156. The second-order valence-electron chi connectivity index (χ2n) is 5.12. The fourth-order valence-electron chi connectivity index (χ4n) is 2.51. The van der Waals surface area contributed by atoms with Crippen LogP contribution in [0, 0.1) is 5.92 Å². The molecule has 3 nitrogen and oxygen atoms in total. The molecule has 76 valence electrons. The van der Waals surface area contributed by atoms with E-state index in [2.05, 4.69) is 0 Å². The first-order chi connectivity index (χ1) is 5.84. The van der Waals surface area contributed by atoms with Crippen LogP contribution in [0.3, 0.4) is 0 Å². The Balaban J connectivity index is 2.27. The lowest BCUT2D eigenvalue weighted by atomic mass is 9.73. The summed E-state index contributed by atoms with van der Waals surface area (Å²) in [6, 6.07) is 0. The molecule has 1 aliphatic heterocycles. The van der Waals surface area contributed by atoms with Crippen LogP contribution in [0.4, 0.5) is 0 Å². The average molecular weight is 186 g/mol. The van der Waals surface area contributed by atoms with Gasteiger partial charge in [-0.05, 0) is 39.5 Å². The van der Waals surface area contributed by atoms with E-state index in [0.717, 1.165) is 6.42 Å². The first-order valence-corrected chi connectivity index (χ1v) is 4.92. The minimum Gasteiger partial charge on any atom is -0.390 e. The van der Waals surface area contributed by atoms with E-state index in [9.17, 15) is 10.2 Å². The van der Waals surface area contributed by atoms with E-state index in [1.807, 2.05) is 13.8 Å². The van der Waals surface area contributed by atoms with E-state index in [1.165, 1.54) is 0 Å². The standard InChI is InChI=1S/C10H18O3/c1-9(2)6-4-7(11)10(3,12)8(5-6)13-9/h6-8,11-12H,4-5H2,1-3H3/t6-,7-,8-,10-/m0/s1. The molecule has 0 aromatic carbocycles. The predicted molar refractivity (Wildman–Crippen MR) is 48.3 cm³/mol. The summed E-state index contributed by atoms with van der Waals surface area (Å²) in [5.74, 6) is 0.382. The van der Waals surface area contributed by atoms with Crippen molar-refractivity contribution in [1.29, 1.82) is 0 Å². The molecule has 2 bridgehead atoms. The van der Waals surface area contributed by atoms with Crippen LogP contribution in [0.1, 0.15) is 33.6 Å². The van der Waals surface area contributed by atoms with Crippen molar-refractivity contribution in [3.63, 3.8) is 0 Å². The Hall–Kier alpha value is -0.120. The van der Waals surface area contributed by atoms with Gasteiger partial charge < -0.3 is 14.9 Å². The maximum absolute atomic E-state index is 9.99. The van der Waals surface area contributed by atoms with Gasteiger partial charge >= 0.3 is 0 Å². The molecule has 3 heteroatoms. The molecule has 1 saturated carbocycles. The Morgan fingerprint density at radius 2 is 1.85 bits per heavy atom. The maximum Gasteiger partial charge on any atom is 0.114 e. The Kier molecular flexibility index (Phi) is 1.79. The van der Waals surface area contributed by atoms with Crippen molar-refractivity contribution in [3.05, 3.63) is 0 Å². The van der Waals surface area contributed by atoms with Crippen molar-refractivity contribution >= 4 is 0 Å². The molecule has 1 aliphatic carbocycles. The summed E-state index contributed by atoms with van der Waals surface area (Å²) in [5.41, 5.74) is -1.25. The van der Waals surface area contributed by atoms with Gasteiger partial charge in [0.15, 0.2) is 0 Å². The number of aliphatic hydroxyl groups is 2. The molecule has 4 atom stereocenters. The minimum absolute atomic E-state index is 0.188. The number of hydrogen-bond donors (Lipinski definition) is 2. The second kappa shape index (κ2) is 2.47. The zero-order valence-electron chi connectivity index (χ0n) is 8.45. The van der Waals surface area contributed by atoms with Crippen molar-refractivity contribution in [3.8, 4) is 0 Å². The van der Waals surface area contributed by atoms with Crippen molar-refractivity contribution < 1.29 is 14.9 Å². The Labute approximate surface area is 78.7 Å². The van der Waals surface area contributed by atoms with Crippen LogP contribution in [-0.4, -0.2) is 33.6 Å². The molecule has 13 heavy (non-hydrogen) atoms. The van der Waals surface area contributed by atoms with Crippen LogP contribution in [-0.2, 0) is 4.74 Å². The lowest BCUT2D eigenvalue weighted by Gasteiger charge is -2.37. The monoisotopic (exact) mass is 186 g/mol. The van der Waals surface area contributed by atoms with Gasteiger partial charge in [0.25, 0.3) is 0 Å². The molecule has 1 saturated heterocycles. The third-order valence-corrected chi connectivity index (χ3v) is 3.76. The third-order valence-electron chi connectivity index (χ3n) is 3.76. The highest BCUT2D eigenvalue weighted by molar-refractivity contribution is 5.06. The van der Waals surface area contributed by atoms with Crippen LogP contribution in [0.25, 0.3) is 0 Å². The van der Waals surface area contributed by atoms with Crippen LogP contribution < -0.4 is 0 Å². The molecular weight excluding hydrogens is 168 g/mol. The summed E-state index contributed by atoms with van der Waals surface area (Å²) in [4.78, 5) is 0. The molecule has 2 fully saturated rings. The fourth-order valence-corrected chi connectivity index (χ4v) is 2.51. The van der Waals surface area contributed by atoms with Gasteiger partial charge in [-0.1, -0.05) is 0 Å². The van der Waals surface area contributed by atoms with E-state index in [1.54, 1.807) is 6.92 Å².